The molecule has 1 aromatic carbocycles. The molecule has 3 aromatic heterocycles. The number of aromatic nitrogens is 4. The summed E-state index contributed by atoms with van der Waals surface area (Å²) < 4.78 is 13.9. The van der Waals surface area contributed by atoms with E-state index in [9.17, 15) is 9.18 Å². The van der Waals surface area contributed by atoms with Crippen molar-refractivity contribution in [2.75, 3.05) is 5.73 Å². The van der Waals surface area contributed by atoms with Crippen LogP contribution in [0.25, 0.3) is 33.1 Å². The topological polar surface area (TPSA) is 100 Å². The Hall–Kier alpha value is -3.22. The first-order chi connectivity index (χ1) is 11.6. The Bertz CT molecular complexity index is 1150. The van der Waals surface area contributed by atoms with E-state index >= 15 is 0 Å². The van der Waals surface area contributed by atoms with Gasteiger partial charge in [-0.05, 0) is 29.7 Å². The molecule has 0 aliphatic heterocycles. The molecule has 0 atom stereocenters. The first kappa shape index (κ1) is 14.4. The summed E-state index contributed by atoms with van der Waals surface area (Å²) in [5, 5.41) is 7.07. The summed E-state index contributed by atoms with van der Waals surface area (Å²) in [4.78, 5) is 19.5. The number of hydrogen-bond donors (Lipinski definition) is 3. The van der Waals surface area contributed by atoms with Gasteiger partial charge < -0.3 is 10.7 Å². The van der Waals surface area contributed by atoms with Crippen molar-refractivity contribution in [3.05, 3.63) is 52.3 Å². The van der Waals surface area contributed by atoms with E-state index in [0.29, 0.717) is 27.5 Å². The quantitative estimate of drug-likeness (QED) is 0.528. The number of fused-ring (bicyclic) bond motifs is 2. The highest BCUT2D eigenvalue weighted by atomic mass is 19.1. The van der Waals surface area contributed by atoms with Gasteiger partial charge in [0, 0.05) is 17.1 Å². The van der Waals surface area contributed by atoms with Crippen molar-refractivity contribution in [3.8, 4) is 11.1 Å². The van der Waals surface area contributed by atoms with Crippen LogP contribution < -0.4 is 11.3 Å². The van der Waals surface area contributed by atoms with E-state index in [1.807, 2.05) is 13.0 Å². The smallest absolute Gasteiger partial charge is 0.272 e. The highest BCUT2D eigenvalue weighted by molar-refractivity contribution is 6.06. The molecule has 4 N–H and O–H groups in total. The van der Waals surface area contributed by atoms with Crippen LogP contribution in [0.2, 0.25) is 0 Å². The van der Waals surface area contributed by atoms with E-state index in [4.69, 9.17) is 5.73 Å². The van der Waals surface area contributed by atoms with E-state index < -0.39 is 11.4 Å². The third-order valence-corrected chi connectivity index (χ3v) is 4.19. The summed E-state index contributed by atoms with van der Waals surface area (Å²) in [5.41, 5.74) is 9.24. The van der Waals surface area contributed by atoms with Crippen molar-refractivity contribution >= 4 is 27.6 Å². The van der Waals surface area contributed by atoms with Crippen molar-refractivity contribution in [2.24, 2.45) is 0 Å². The second-order valence-corrected chi connectivity index (χ2v) is 5.59. The molecule has 120 valence electrons. The van der Waals surface area contributed by atoms with Gasteiger partial charge in [0.2, 0.25) is 0 Å². The van der Waals surface area contributed by atoms with Crippen LogP contribution in [0.1, 0.15) is 12.5 Å². The largest absolute Gasteiger partial charge is 0.394 e. The molecular weight excluding hydrogens is 309 g/mol. The molecule has 0 unspecified atom stereocenters. The number of rotatable bonds is 2. The summed E-state index contributed by atoms with van der Waals surface area (Å²) in [6.45, 7) is 2.01. The Labute approximate surface area is 135 Å². The maximum atomic E-state index is 13.9. The van der Waals surface area contributed by atoms with Crippen LogP contribution in [0.3, 0.4) is 0 Å². The molecule has 0 saturated carbocycles. The Morgan fingerprint density at radius 3 is 2.92 bits per heavy atom. The van der Waals surface area contributed by atoms with Gasteiger partial charge in [0.1, 0.15) is 17.0 Å². The zero-order valence-electron chi connectivity index (χ0n) is 12.9. The number of aryl methyl sites for hydroxylation is 1. The van der Waals surface area contributed by atoms with Crippen LogP contribution in [0.4, 0.5) is 10.1 Å². The predicted octanol–water partition coefficient (Wildman–Crippen LogP) is 2.75. The fourth-order valence-electron chi connectivity index (χ4n) is 2.92. The molecule has 3 heterocycles. The standard InChI is InChI=1S/C17H14FN5O/c1-2-8-5-12-16(20-6-8)13(14(19)17(24)22-12)9-3-4-11(18)15-10(9)7-21-23-15/h3-7H,2,19H2,1H3,(H,21,23)(H,22,24). The maximum absolute atomic E-state index is 13.9. The fourth-order valence-corrected chi connectivity index (χ4v) is 2.92. The number of nitrogen functional groups attached to an aromatic ring is 1. The van der Waals surface area contributed by atoms with Gasteiger partial charge in [-0.2, -0.15) is 5.10 Å². The molecule has 7 heteroatoms. The summed E-state index contributed by atoms with van der Waals surface area (Å²) in [6.07, 6.45) is 4.06. The van der Waals surface area contributed by atoms with E-state index in [1.165, 1.54) is 12.3 Å². The normalized spacial score (nSPS) is 11.4. The summed E-state index contributed by atoms with van der Waals surface area (Å²) >= 11 is 0. The molecule has 4 rings (SSSR count). The van der Waals surface area contributed by atoms with Gasteiger partial charge in [-0.15, -0.1) is 0 Å². The summed E-state index contributed by atoms with van der Waals surface area (Å²) in [5.74, 6) is -0.416. The molecule has 6 nitrogen and oxygen atoms in total. The lowest BCUT2D eigenvalue weighted by Gasteiger charge is -2.11. The van der Waals surface area contributed by atoms with Gasteiger partial charge in [-0.3, -0.25) is 14.9 Å². The second-order valence-electron chi connectivity index (χ2n) is 5.59. The molecule has 24 heavy (non-hydrogen) atoms. The van der Waals surface area contributed by atoms with Gasteiger partial charge in [-0.1, -0.05) is 13.0 Å². The Balaban J connectivity index is 2.15. The number of nitrogens with two attached hydrogens (primary N) is 1. The minimum absolute atomic E-state index is 0.0494. The Morgan fingerprint density at radius 1 is 1.29 bits per heavy atom. The number of nitrogens with one attached hydrogen (secondary N) is 2. The van der Waals surface area contributed by atoms with E-state index in [2.05, 4.69) is 20.2 Å². The fraction of sp³-hybridized carbons (Fsp3) is 0.118. The molecule has 0 aliphatic rings. The zero-order valence-corrected chi connectivity index (χ0v) is 12.9. The van der Waals surface area contributed by atoms with Gasteiger partial charge >= 0.3 is 0 Å². The molecule has 4 aromatic rings. The highest BCUT2D eigenvalue weighted by Crippen LogP contribution is 2.35. The summed E-state index contributed by atoms with van der Waals surface area (Å²) in [7, 11) is 0. The molecule has 0 aliphatic carbocycles. The van der Waals surface area contributed by atoms with E-state index in [1.54, 1.807) is 12.3 Å². The predicted molar refractivity (Wildman–Crippen MR) is 91.2 cm³/mol. The van der Waals surface area contributed by atoms with Crippen molar-refractivity contribution in [2.45, 2.75) is 13.3 Å². The molecule has 0 bridgehead atoms. The van der Waals surface area contributed by atoms with E-state index in [0.717, 1.165) is 12.0 Å². The van der Waals surface area contributed by atoms with Crippen LogP contribution in [0.15, 0.2) is 35.4 Å². The molecule has 0 radical (unpaired) electrons. The van der Waals surface area contributed by atoms with Gasteiger partial charge in [-0.25, -0.2) is 4.39 Å². The average Bonchev–Trinajstić information content (AvgIpc) is 3.07. The van der Waals surface area contributed by atoms with Gasteiger partial charge in [0.25, 0.3) is 5.56 Å². The van der Waals surface area contributed by atoms with Crippen LogP contribution >= 0.6 is 0 Å². The molecular formula is C17H14FN5O. The third kappa shape index (κ3) is 1.98. The number of halogens is 1. The van der Waals surface area contributed by atoms with Crippen molar-refractivity contribution in [1.82, 2.24) is 20.2 Å². The van der Waals surface area contributed by atoms with Crippen molar-refractivity contribution in [1.29, 1.82) is 0 Å². The van der Waals surface area contributed by atoms with Crippen molar-refractivity contribution in [3.63, 3.8) is 0 Å². The number of hydrogen-bond acceptors (Lipinski definition) is 4. The molecule has 0 saturated heterocycles. The Kier molecular flexibility index (Phi) is 3.09. The first-order valence-corrected chi connectivity index (χ1v) is 7.52. The molecule has 0 fully saturated rings. The SMILES string of the molecule is CCc1cnc2c(-c3ccc(F)c4[nH]ncc34)c(N)c(=O)[nH]c2c1. The number of H-pyrrole nitrogens is 2. The lowest BCUT2D eigenvalue weighted by Crippen LogP contribution is -2.14. The molecule has 0 spiro atoms. The van der Waals surface area contributed by atoms with Crippen LogP contribution in [0, 0.1) is 5.82 Å². The first-order valence-electron chi connectivity index (χ1n) is 7.52. The maximum Gasteiger partial charge on any atom is 0.272 e. The second kappa shape index (κ2) is 5.16. The number of aromatic amines is 2. The Morgan fingerprint density at radius 2 is 2.12 bits per heavy atom. The minimum Gasteiger partial charge on any atom is -0.394 e. The lowest BCUT2D eigenvalue weighted by atomic mass is 9.99. The number of benzene rings is 1. The van der Waals surface area contributed by atoms with Crippen LogP contribution in [-0.2, 0) is 6.42 Å². The van der Waals surface area contributed by atoms with Gasteiger partial charge in [0.05, 0.1) is 17.2 Å². The highest BCUT2D eigenvalue weighted by Gasteiger charge is 2.18. The van der Waals surface area contributed by atoms with Gasteiger partial charge in [0.15, 0.2) is 0 Å². The van der Waals surface area contributed by atoms with Crippen LogP contribution in [-0.4, -0.2) is 20.2 Å². The van der Waals surface area contributed by atoms with Crippen molar-refractivity contribution < 1.29 is 4.39 Å². The number of anilines is 1. The average molecular weight is 323 g/mol. The lowest BCUT2D eigenvalue weighted by molar-refractivity contribution is 0.636. The molecule has 0 amide bonds. The summed E-state index contributed by atoms with van der Waals surface area (Å²) in [6, 6.07) is 4.79. The third-order valence-electron chi connectivity index (χ3n) is 4.19. The minimum atomic E-state index is -0.416. The monoisotopic (exact) mass is 323 g/mol. The van der Waals surface area contributed by atoms with Crippen LogP contribution in [0.5, 0.6) is 0 Å². The van der Waals surface area contributed by atoms with E-state index in [-0.39, 0.29) is 11.2 Å². The number of nitrogens with zero attached hydrogens (tertiary/aromatic N) is 2. The zero-order chi connectivity index (χ0) is 16.8. The number of pyridine rings is 2.